The normalized spacial score (nSPS) is 37.7. The van der Waals surface area contributed by atoms with E-state index in [0.717, 1.165) is 11.3 Å². The van der Waals surface area contributed by atoms with Gasteiger partial charge in [-0.3, -0.25) is 0 Å². The second-order valence-electron chi connectivity index (χ2n) is 3.61. The summed E-state index contributed by atoms with van der Waals surface area (Å²) in [5, 5.41) is 3.37. The highest BCUT2D eigenvalue weighted by atomic mass is 15.0. The first-order valence-electron chi connectivity index (χ1n) is 4.08. The van der Waals surface area contributed by atoms with Crippen LogP contribution in [0.1, 0.15) is 26.2 Å². The average Bonchev–Trinajstić information content (AvgIpc) is 1.59. The first-order chi connectivity index (χ1) is 4.37. The van der Waals surface area contributed by atoms with Crippen LogP contribution in [0.3, 0.4) is 0 Å². The average molecular weight is 125 g/mol. The molecule has 1 nitrogen and oxygen atoms in total. The minimum atomic E-state index is 0.800. The summed E-state index contributed by atoms with van der Waals surface area (Å²) in [5.74, 6) is 1.07. The van der Waals surface area contributed by atoms with Crippen molar-refractivity contribution in [3.8, 4) is 0 Å². The van der Waals surface area contributed by atoms with Crippen LogP contribution < -0.4 is 5.32 Å². The zero-order chi connectivity index (χ0) is 6.32. The first-order valence-corrected chi connectivity index (χ1v) is 4.08. The molecule has 9 heavy (non-hydrogen) atoms. The van der Waals surface area contributed by atoms with Gasteiger partial charge in [0.05, 0.1) is 0 Å². The molecular formula is C8H15N. The Bertz CT molecular complexity index is 108. The lowest BCUT2D eigenvalue weighted by Crippen LogP contribution is -2.62. The Kier molecular flexibility index (Phi) is 1.10. The fourth-order valence-electron chi connectivity index (χ4n) is 2.31. The van der Waals surface area contributed by atoms with Gasteiger partial charge in [-0.05, 0) is 24.2 Å². The summed E-state index contributed by atoms with van der Waals surface area (Å²) in [5.41, 5.74) is 0.800. The van der Waals surface area contributed by atoms with Crippen LogP contribution in [0, 0.1) is 11.3 Å². The minimum absolute atomic E-state index is 0.800. The third-order valence-corrected chi connectivity index (χ3v) is 3.30. The quantitative estimate of drug-likeness (QED) is 0.558. The number of rotatable bonds is 1. The summed E-state index contributed by atoms with van der Waals surface area (Å²) in [6.45, 7) is 4.95. The van der Waals surface area contributed by atoms with Crippen molar-refractivity contribution in [3.05, 3.63) is 0 Å². The van der Waals surface area contributed by atoms with Crippen LogP contribution >= 0.6 is 0 Å². The van der Waals surface area contributed by atoms with Gasteiger partial charge >= 0.3 is 0 Å². The molecule has 2 rings (SSSR count). The van der Waals surface area contributed by atoms with Crippen LogP contribution in [-0.4, -0.2) is 13.1 Å². The van der Waals surface area contributed by atoms with E-state index in [2.05, 4.69) is 12.2 Å². The van der Waals surface area contributed by atoms with Crippen molar-refractivity contribution in [2.75, 3.05) is 13.1 Å². The molecule has 1 heteroatoms. The maximum Gasteiger partial charge on any atom is 0.00229 e. The molecule has 1 saturated carbocycles. The maximum atomic E-state index is 3.37. The van der Waals surface area contributed by atoms with Gasteiger partial charge in [0.25, 0.3) is 0 Å². The summed E-state index contributed by atoms with van der Waals surface area (Å²) in [6.07, 6.45) is 4.40. The molecule has 1 heterocycles. The molecule has 1 aliphatic heterocycles. The second-order valence-corrected chi connectivity index (χ2v) is 3.61. The van der Waals surface area contributed by atoms with E-state index in [4.69, 9.17) is 0 Å². The lowest BCUT2D eigenvalue weighted by atomic mass is 9.56. The monoisotopic (exact) mass is 125 g/mol. The Morgan fingerprint density at radius 1 is 1.56 bits per heavy atom. The zero-order valence-corrected chi connectivity index (χ0v) is 6.11. The van der Waals surface area contributed by atoms with E-state index in [1.54, 1.807) is 0 Å². The first kappa shape index (κ1) is 5.72. The molecule has 0 aromatic heterocycles. The Labute approximate surface area is 56.8 Å². The molecule has 1 unspecified atom stereocenters. The molecule has 1 atom stereocenters. The third kappa shape index (κ3) is 0.586. The van der Waals surface area contributed by atoms with E-state index in [9.17, 15) is 0 Å². The highest BCUT2D eigenvalue weighted by molar-refractivity contribution is 5.03. The zero-order valence-electron chi connectivity index (χ0n) is 6.11. The highest BCUT2D eigenvalue weighted by Crippen LogP contribution is 2.50. The molecule has 1 spiro atoms. The van der Waals surface area contributed by atoms with Gasteiger partial charge in [0, 0.05) is 13.1 Å². The molecule has 1 aliphatic carbocycles. The van der Waals surface area contributed by atoms with E-state index < -0.39 is 0 Å². The molecule has 0 aromatic rings. The highest BCUT2D eigenvalue weighted by Gasteiger charge is 2.49. The van der Waals surface area contributed by atoms with Crippen LogP contribution in [0.5, 0.6) is 0 Å². The summed E-state index contributed by atoms with van der Waals surface area (Å²) in [7, 11) is 0. The molecule has 0 amide bonds. The molecule has 1 saturated heterocycles. The van der Waals surface area contributed by atoms with Gasteiger partial charge in [0.15, 0.2) is 0 Å². The summed E-state index contributed by atoms with van der Waals surface area (Å²) >= 11 is 0. The van der Waals surface area contributed by atoms with Crippen molar-refractivity contribution < 1.29 is 0 Å². The number of nitrogens with one attached hydrogen (secondary N) is 1. The smallest absolute Gasteiger partial charge is 0.00229 e. The Hall–Kier alpha value is -0.0400. The molecule has 2 fully saturated rings. The standard InChI is InChI=1S/C8H15N/c1-2-7-3-4-8(7)5-9-6-8/h7,9H,2-6H2,1H3. The molecule has 52 valence electrons. The summed E-state index contributed by atoms with van der Waals surface area (Å²) < 4.78 is 0. The van der Waals surface area contributed by atoms with Gasteiger partial charge in [0.2, 0.25) is 0 Å². The Morgan fingerprint density at radius 2 is 2.33 bits per heavy atom. The van der Waals surface area contributed by atoms with Crippen molar-refractivity contribution in [2.45, 2.75) is 26.2 Å². The SMILES string of the molecule is CCC1CCC12CNC2. The van der Waals surface area contributed by atoms with Gasteiger partial charge in [-0.15, -0.1) is 0 Å². The molecule has 1 N–H and O–H groups in total. The fraction of sp³-hybridized carbons (Fsp3) is 1.00. The predicted octanol–water partition coefficient (Wildman–Crippen LogP) is 1.40. The van der Waals surface area contributed by atoms with Crippen molar-refractivity contribution in [1.29, 1.82) is 0 Å². The van der Waals surface area contributed by atoms with E-state index in [-0.39, 0.29) is 0 Å². The van der Waals surface area contributed by atoms with Crippen molar-refractivity contribution in [2.24, 2.45) is 11.3 Å². The van der Waals surface area contributed by atoms with E-state index in [1.807, 2.05) is 0 Å². The summed E-state index contributed by atoms with van der Waals surface area (Å²) in [4.78, 5) is 0. The Morgan fingerprint density at radius 3 is 2.44 bits per heavy atom. The summed E-state index contributed by atoms with van der Waals surface area (Å²) in [6, 6.07) is 0. The van der Waals surface area contributed by atoms with Gasteiger partial charge < -0.3 is 5.32 Å². The molecule has 0 bridgehead atoms. The van der Waals surface area contributed by atoms with Gasteiger partial charge in [0.1, 0.15) is 0 Å². The third-order valence-electron chi connectivity index (χ3n) is 3.30. The molecule has 2 aliphatic rings. The maximum absolute atomic E-state index is 3.37. The van der Waals surface area contributed by atoms with Crippen LogP contribution in [-0.2, 0) is 0 Å². The Balaban J connectivity index is 1.97. The van der Waals surface area contributed by atoms with Gasteiger partial charge in [-0.1, -0.05) is 13.3 Å². The topological polar surface area (TPSA) is 12.0 Å². The van der Waals surface area contributed by atoms with E-state index in [0.29, 0.717) is 0 Å². The van der Waals surface area contributed by atoms with Crippen LogP contribution in [0.2, 0.25) is 0 Å². The predicted molar refractivity (Wildman–Crippen MR) is 38.3 cm³/mol. The van der Waals surface area contributed by atoms with Gasteiger partial charge in [-0.2, -0.15) is 0 Å². The van der Waals surface area contributed by atoms with Crippen LogP contribution in [0.15, 0.2) is 0 Å². The number of hydrogen-bond acceptors (Lipinski definition) is 1. The van der Waals surface area contributed by atoms with Crippen molar-refractivity contribution >= 4 is 0 Å². The largest absolute Gasteiger partial charge is 0.316 e. The van der Waals surface area contributed by atoms with Crippen molar-refractivity contribution in [1.82, 2.24) is 5.32 Å². The molecule has 0 aromatic carbocycles. The second kappa shape index (κ2) is 1.72. The lowest BCUT2D eigenvalue weighted by molar-refractivity contribution is -0.0254. The van der Waals surface area contributed by atoms with Crippen LogP contribution in [0.4, 0.5) is 0 Å². The lowest BCUT2D eigenvalue weighted by Gasteiger charge is -2.56. The molecule has 0 radical (unpaired) electrons. The minimum Gasteiger partial charge on any atom is -0.316 e. The van der Waals surface area contributed by atoms with Crippen LogP contribution in [0.25, 0.3) is 0 Å². The molecular weight excluding hydrogens is 110 g/mol. The van der Waals surface area contributed by atoms with Gasteiger partial charge in [-0.25, -0.2) is 0 Å². The fourth-order valence-corrected chi connectivity index (χ4v) is 2.31. The van der Waals surface area contributed by atoms with E-state index in [1.165, 1.54) is 32.4 Å². The van der Waals surface area contributed by atoms with E-state index >= 15 is 0 Å². The van der Waals surface area contributed by atoms with Crippen molar-refractivity contribution in [3.63, 3.8) is 0 Å². The number of hydrogen-bond donors (Lipinski definition) is 1.